The molecule has 1 N–H and O–H groups in total. The average molecular weight is 253 g/mol. The number of rotatable bonds is 3. The van der Waals surface area contributed by atoms with Crippen molar-refractivity contribution in [1.82, 2.24) is 0 Å². The van der Waals surface area contributed by atoms with E-state index in [4.69, 9.17) is 9.94 Å². The summed E-state index contributed by atoms with van der Waals surface area (Å²) in [4.78, 5) is 16.1. The molecule has 0 saturated heterocycles. The van der Waals surface area contributed by atoms with Gasteiger partial charge >= 0.3 is 5.97 Å². The maximum atomic E-state index is 13.2. The van der Waals surface area contributed by atoms with Gasteiger partial charge in [-0.2, -0.15) is 0 Å². The summed E-state index contributed by atoms with van der Waals surface area (Å²) >= 11 is 0. The molecule has 6 heteroatoms. The molecular weight excluding hydrogens is 241 g/mol. The summed E-state index contributed by atoms with van der Waals surface area (Å²) in [5.41, 5.74) is 1.07. The Bertz CT molecular complexity index is 501. The van der Waals surface area contributed by atoms with Gasteiger partial charge in [-0.15, -0.1) is 0 Å². The lowest BCUT2D eigenvalue weighted by Gasteiger charge is -2.05. The Morgan fingerprint density at radius 2 is 2.44 bits per heavy atom. The molecule has 2 rings (SSSR count). The highest BCUT2D eigenvalue weighted by atomic mass is 19.1. The Kier molecular flexibility index (Phi) is 3.45. The molecule has 0 fully saturated rings. The van der Waals surface area contributed by atoms with Crippen molar-refractivity contribution < 1.29 is 23.9 Å². The van der Waals surface area contributed by atoms with Crippen LogP contribution in [-0.4, -0.2) is 30.0 Å². The minimum Gasteiger partial charge on any atom is -0.505 e. The standard InChI is InChI=1S/C12H12FNO4/c1-17-12(16)6-8-5-10(14-18-8)7-2-3-11(15)9(13)4-7/h2-4,8,15H,5-6H2,1H3. The average Bonchev–Trinajstić information content (AvgIpc) is 2.81. The molecule has 1 aliphatic rings. The van der Waals surface area contributed by atoms with Crippen molar-refractivity contribution in [2.24, 2.45) is 5.16 Å². The largest absolute Gasteiger partial charge is 0.505 e. The lowest BCUT2D eigenvalue weighted by Crippen LogP contribution is -2.15. The summed E-state index contributed by atoms with van der Waals surface area (Å²) < 4.78 is 17.7. The molecule has 1 unspecified atom stereocenters. The number of methoxy groups -OCH3 is 1. The number of esters is 1. The number of oxime groups is 1. The molecule has 0 aliphatic carbocycles. The van der Waals surface area contributed by atoms with Crippen LogP contribution in [0.5, 0.6) is 5.75 Å². The van der Waals surface area contributed by atoms with Gasteiger partial charge in [0, 0.05) is 12.0 Å². The highest BCUT2D eigenvalue weighted by Crippen LogP contribution is 2.22. The molecule has 1 atom stereocenters. The highest BCUT2D eigenvalue weighted by molar-refractivity contribution is 6.01. The zero-order chi connectivity index (χ0) is 13.1. The highest BCUT2D eigenvalue weighted by Gasteiger charge is 2.25. The van der Waals surface area contributed by atoms with E-state index in [1.807, 2.05) is 0 Å². The minimum absolute atomic E-state index is 0.101. The number of hydrogen-bond donors (Lipinski definition) is 1. The molecule has 0 radical (unpaired) electrons. The number of phenolic OH excluding ortho intramolecular Hbond substituents is 1. The molecule has 0 bridgehead atoms. The summed E-state index contributed by atoms with van der Waals surface area (Å²) in [7, 11) is 1.30. The number of halogens is 1. The molecule has 0 saturated carbocycles. The molecule has 1 aliphatic heterocycles. The molecule has 1 aromatic rings. The van der Waals surface area contributed by atoms with Gasteiger partial charge in [-0.05, 0) is 18.2 Å². The van der Waals surface area contributed by atoms with Crippen molar-refractivity contribution in [3.05, 3.63) is 29.6 Å². The summed E-state index contributed by atoms with van der Waals surface area (Å²) in [6.45, 7) is 0. The van der Waals surface area contributed by atoms with Crippen LogP contribution in [0.4, 0.5) is 4.39 Å². The first-order valence-electron chi connectivity index (χ1n) is 5.38. The molecule has 5 nitrogen and oxygen atoms in total. The Labute approximate surface area is 103 Å². The molecule has 96 valence electrons. The van der Waals surface area contributed by atoms with Gasteiger partial charge in [0.2, 0.25) is 0 Å². The summed E-state index contributed by atoms with van der Waals surface area (Å²) in [5.74, 6) is -1.51. The number of carbonyl (C=O) groups is 1. The Hall–Kier alpha value is -2.11. The summed E-state index contributed by atoms with van der Waals surface area (Å²) in [6, 6.07) is 3.97. The van der Waals surface area contributed by atoms with Gasteiger partial charge in [-0.1, -0.05) is 5.16 Å². The van der Waals surface area contributed by atoms with E-state index in [2.05, 4.69) is 9.89 Å². The Morgan fingerprint density at radius 3 is 3.11 bits per heavy atom. The topological polar surface area (TPSA) is 68.1 Å². The normalized spacial score (nSPS) is 18.1. The van der Waals surface area contributed by atoms with Crippen LogP contribution in [0.1, 0.15) is 18.4 Å². The number of ether oxygens (including phenoxy) is 1. The zero-order valence-electron chi connectivity index (χ0n) is 9.72. The number of carbonyl (C=O) groups excluding carboxylic acids is 1. The first kappa shape index (κ1) is 12.3. The van der Waals surface area contributed by atoms with E-state index in [0.717, 1.165) is 0 Å². The molecule has 1 aromatic carbocycles. The van der Waals surface area contributed by atoms with Crippen LogP contribution in [0.15, 0.2) is 23.4 Å². The van der Waals surface area contributed by atoms with Gasteiger partial charge in [-0.25, -0.2) is 4.39 Å². The minimum atomic E-state index is -0.716. The second-order valence-electron chi connectivity index (χ2n) is 3.92. The Balaban J connectivity index is 2.04. The first-order chi connectivity index (χ1) is 8.60. The maximum Gasteiger partial charge on any atom is 0.309 e. The molecule has 0 amide bonds. The van der Waals surface area contributed by atoms with E-state index < -0.39 is 11.6 Å². The third-order valence-electron chi connectivity index (χ3n) is 2.64. The van der Waals surface area contributed by atoms with Gasteiger partial charge in [0.15, 0.2) is 11.6 Å². The van der Waals surface area contributed by atoms with Crippen LogP contribution < -0.4 is 0 Å². The van der Waals surface area contributed by atoms with Gasteiger partial charge in [0.1, 0.15) is 6.10 Å². The SMILES string of the molecule is COC(=O)CC1CC(c2ccc(O)c(F)c2)=NO1. The fraction of sp³-hybridized carbons (Fsp3) is 0.333. The van der Waals surface area contributed by atoms with E-state index in [9.17, 15) is 9.18 Å². The van der Waals surface area contributed by atoms with Gasteiger partial charge < -0.3 is 14.7 Å². The smallest absolute Gasteiger partial charge is 0.309 e. The molecule has 0 spiro atoms. The van der Waals surface area contributed by atoms with Crippen LogP contribution in [0.25, 0.3) is 0 Å². The van der Waals surface area contributed by atoms with Crippen molar-refractivity contribution in [2.75, 3.05) is 7.11 Å². The van der Waals surface area contributed by atoms with Crippen molar-refractivity contribution in [2.45, 2.75) is 18.9 Å². The van der Waals surface area contributed by atoms with Crippen LogP contribution in [0.3, 0.4) is 0 Å². The predicted molar refractivity (Wildman–Crippen MR) is 60.7 cm³/mol. The van der Waals surface area contributed by atoms with Crippen molar-refractivity contribution in [3.8, 4) is 5.75 Å². The van der Waals surface area contributed by atoms with E-state index in [0.29, 0.717) is 17.7 Å². The maximum absolute atomic E-state index is 13.2. The molecule has 1 heterocycles. The lowest BCUT2D eigenvalue weighted by atomic mass is 10.0. The summed E-state index contributed by atoms with van der Waals surface area (Å²) in [5, 5.41) is 12.9. The van der Waals surface area contributed by atoms with E-state index in [1.165, 1.54) is 19.2 Å². The molecule has 0 aromatic heterocycles. The number of nitrogens with zero attached hydrogens (tertiary/aromatic N) is 1. The van der Waals surface area contributed by atoms with Crippen LogP contribution in [-0.2, 0) is 14.4 Å². The third-order valence-corrected chi connectivity index (χ3v) is 2.64. The molecule has 18 heavy (non-hydrogen) atoms. The quantitative estimate of drug-likeness (QED) is 0.830. The van der Waals surface area contributed by atoms with Crippen molar-refractivity contribution >= 4 is 11.7 Å². The first-order valence-corrected chi connectivity index (χ1v) is 5.38. The predicted octanol–water partition coefficient (Wildman–Crippen LogP) is 1.59. The monoisotopic (exact) mass is 253 g/mol. The Morgan fingerprint density at radius 1 is 1.67 bits per heavy atom. The second kappa shape index (κ2) is 5.03. The third kappa shape index (κ3) is 2.58. The number of benzene rings is 1. The van der Waals surface area contributed by atoms with Crippen molar-refractivity contribution in [3.63, 3.8) is 0 Å². The fourth-order valence-corrected chi connectivity index (χ4v) is 1.66. The number of phenols is 1. The van der Waals surface area contributed by atoms with Gasteiger partial charge in [-0.3, -0.25) is 4.79 Å². The fourth-order valence-electron chi connectivity index (χ4n) is 1.66. The van der Waals surface area contributed by atoms with Crippen molar-refractivity contribution in [1.29, 1.82) is 0 Å². The van der Waals surface area contributed by atoms with Crippen LogP contribution in [0, 0.1) is 5.82 Å². The van der Waals surface area contributed by atoms with Gasteiger partial charge in [0.25, 0.3) is 0 Å². The van der Waals surface area contributed by atoms with Crippen LogP contribution >= 0.6 is 0 Å². The van der Waals surface area contributed by atoms with E-state index >= 15 is 0 Å². The lowest BCUT2D eigenvalue weighted by molar-refractivity contribution is -0.143. The zero-order valence-corrected chi connectivity index (χ0v) is 9.72. The van der Waals surface area contributed by atoms with Crippen LogP contribution in [0.2, 0.25) is 0 Å². The number of aromatic hydroxyl groups is 1. The van der Waals surface area contributed by atoms with E-state index in [1.54, 1.807) is 6.07 Å². The number of hydrogen-bond acceptors (Lipinski definition) is 5. The summed E-state index contributed by atoms with van der Waals surface area (Å²) in [6.07, 6.45) is 0.118. The second-order valence-corrected chi connectivity index (χ2v) is 3.92. The molecular formula is C12H12FNO4. The van der Waals surface area contributed by atoms with Gasteiger partial charge in [0.05, 0.1) is 19.2 Å². The van der Waals surface area contributed by atoms with E-state index in [-0.39, 0.29) is 18.5 Å².